The molecule has 1 N–H and O–H groups in total. The minimum absolute atomic E-state index is 0.157. The van der Waals surface area contributed by atoms with Crippen LogP contribution in [0.2, 0.25) is 0 Å². The van der Waals surface area contributed by atoms with Crippen LogP contribution in [-0.4, -0.2) is 37.2 Å². The van der Waals surface area contributed by atoms with E-state index < -0.39 is 18.0 Å². The van der Waals surface area contributed by atoms with Crippen LogP contribution in [0.5, 0.6) is 11.5 Å². The maximum absolute atomic E-state index is 12.3. The summed E-state index contributed by atoms with van der Waals surface area (Å²) in [4.78, 5) is 28.9. The van der Waals surface area contributed by atoms with Crippen molar-refractivity contribution in [2.24, 2.45) is 0 Å². The van der Waals surface area contributed by atoms with Crippen LogP contribution in [0.15, 0.2) is 53.9 Å². The smallest absolute Gasteiger partial charge is 0.358 e. The SMILES string of the molecule is COc1ccc(NC(=O)C(C)OC(=O)c2csc(-c3ccc(OC)cc3)n2)cc1. The van der Waals surface area contributed by atoms with Gasteiger partial charge in [-0.1, -0.05) is 0 Å². The molecule has 0 radical (unpaired) electrons. The number of rotatable bonds is 7. The van der Waals surface area contributed by atoms with Gasteiger partial charge in [0.15, 0.2) is 11.8 Å². The van der Waals surface area contributed by atoms with Crippen LogP contribution in [0.4, 0.5) is 5.69 Å². The predicted octanol–water partition coefficient (Wildman–Crippen LogP) is 4.01. The molecule has 0 bridgehead atoms. The Hall–Kier alpha value is -3.39. The third kappa shape index (κ3) is 5.11. The van der Waals surface area contributed by atoms with Crippen LogP contribution in [0.1, 0.15) is 17.4 Å². The van der Waals surface area contributed by atoms with Crippen molar-refractivity contribution in [1.29, 1.82) is 0 Å². The number of hydrogen-bond donors (Lipinski definition) is 1. The van der Waals surface area contributed by atoms with Crippen molar-refractivity contribution < 1.29 is 23.8 Å². The van der Waals surface area contributed by atoms with Gasteiger partial charge in [-0.3, -0.25) is 4.79 Å². The van der Waals surface area contributed by atoms with Crippen LogP contribution in [0, 0.1) is 0 Å². The third-order valence-electron chi connectivity index (χ3n) is 4.06. The lowest BCUT2D eigenvalue weighted by Gasteiger charge is -2.13. The molecule has 0 aliphatic carbocycles. The van der Waals surface area contributed by atoms with Crippen molar-refractivity contribution in [2.45, 2.75) is 13.0 Å². The lowest BCUT2D eigenvalue weighted by Crippen LogP contribution is -2.30. The number of methoxy groups -OCH3 is 2. The number of ether oxygens (including phenoxy) is 3. The van der Waals surface area contributed by atoms with Crippen molar-refractivity contribution in [3.8, 4) is 22.1 Å². The van der Waals surface area contributed by atoms with Gasteiger partial charge in [0.1, 0.15) is 16.5 Å². The number of carbonyl (C=O) groups excluding carboxylic acids is 2. The lowest BCUT2D eigenvalue weighted by atomic mass is 10.2. The zero-order valence-electron chi connectivity index (χ0n) is 16.2. The van der Waals surface area contributed by atoms with E-state index in [1.165, 1.54) is 18.3 Å². The number of aromatic nitrogens is 1. The molecule has 3 aromatic rings. The fraction of sp³-hybridized carbons (Fsp3) is 0.190. The molecular weight excluding hydrogens is 392 g/mol. The highest BCUT2D eigenvalue weighted by Crippen LogP contribution is 2.26. The van der Waals surface area contributed by atoms with Crippen molar-refractivity contribution in [3.63, 3.8) is 0 Å². The number of thiazole rings is 1. The first-order valence-electron chi connectivity index (χ1n) is 8.76. The second-order valence-corrected chi connectivity index (χ2v) is 6.89. The first kappa shape index (κ1) is 20.3. The number of nitrogens with one attached hydrogen (secondary N) is 1. The number of carbonyl (C=O) groups is 2. The Morgan fingerprint density at radius 1 is 0.966 bits per heavy atom. The van der Waals surface area contributed by atoms with Crippen LogP contribution in [0.3, 0.4) is 0 Å². The molecule has 0 aliphatic rings. The second kappa shape index (κ2) is 9.20. The zero-order valence-corrected chi connectivity index (χ0v) is 17.0. The minimum Gasteiger partial charge on any atom is -0.497 e. The first-order chi connectivity index (χ1) is 14.0. The molecular formula is C21H20N2O5S. The van der Waals surface area contributed by atoms with Gasteiger partial charge in [0, 0.05) is 16.6 Å². The van der Waals surface area contributed by atoms with Crippen molar-refractivity contribution in [1.82, 2.24) is 4.98 Å². The standard InChI is InChI=1S/C21H20N2O5S/c1-13(19(24)22-15-6-10-17(27-3)11-7-15)28-21(25)18-12-29-20(23-18)14-4-8-16(26-2)9-5-14/h4-13H,1-3H3,(H,22,24). The molecule has 2 aromatic carbocycles. The summed E-state index contributed by atoms with van der Waals surface area (Å²) >= 11 is 1.32. The van der Waals surface area contributed by atoms with E-state index in [1.807, 2.05) is 24.3 Å². The molecule has 7 nitrogen and oxygen atoms in total. The largest absolute Gasteiger partial charge is 0.497 e. The summed E-state index contributed by atoms with van der Waals surface area (Å²) in [7, 11) is 3.16. The number of esters is 1. The Morgan fingerprint density at radius 2 is 1.55 bits per heavy atom. The van der Waals surface area contributed by atoms with E-state index in [2.05, 4.69) is 10.3 Å². The van der Waals surface area contributed by atoms with Crippen molar-refractivity contribution >= 4 is 28.9 Å². The topological polar surface area (TPSA) is 86.8 Å². The number of hydrogen-bond acceptors (Lipinski definition) is 7. The molecule has 3 rings (SSSR count). The summed E-state index contributed by atoms with van der Waals surface area (Å²) in [6, 6.07) is 14.2. The Bertz CT molecular complexity index is 983. The van der Waals surface area contributed by atoms with E-state index in [1.54, 1.807) is 43.9 Å². The summed E-state index contributed by atoms with van der Waals surface area (Å²) in [5.41, 5.74) is 1.60. The summed E-state index contributed by atoms with van der Waals surface area (Å²) in [5.74, 6) is 0.327. The molecule has 8 heteroatoms. The molecule has 1 unspecified atom stereocenters. The van der Waals surface area contributed by atoms with Gasteiger partial charge in [0.25, 0.3) is 5.91 Å². The maximum atomic E-state index is 12.3. The molecule has 29 heavy (non-hydrogen) atoms. The Kier molecular flexibility index (Phi) is 6.46. The summed E-state index contributed by atoms with van der Waals surface area (Å²) < 4.78 is 15.5. The van der Waals surface area contributed by atoms with Gasteiger partial charge in [-0.15, -0.1) is 11.3 Å². The van der Waals surface area contributed by atoms with E-state index in [0.717, 1.165) is 11.3 Å². The average molecular weight is 412 g/mol. The highest BCUT2D eigenvalue weighted by molar-refractivity contribution is 7.13. The van der Waals surface area contributed by atoms with Crippen LogP contribution >= 0.6 is 11.3 Å². The third-order valence-corrected chi connectivity index (χ3v) is 4.95. The normalized spacial score (nSPS) is 11.4. The Labute approximate surface area is 172 Å². The van der Waals surface area contributed by atoms with Crippen LogP contribution in [0.25, 0.3) is 10.6 Å². The van der Waals surface area contributed by atoms with Gasteiger partial charge < -0.3 is 19.5 Å². The van der Waals surface area contributed by atoms with Crippen molar-refractivity contribution in [3.05, 3.63) is 59.6 Å². The van der Waals surface area contributed by atoms with Crippen LogP contribution < -0.4 is 14.8 Å². The summed E-state index contributed by atoms with van der Waals surface area (Å²) in [6.07, 6.45) is -0.976. The van der Waals surface area contributed by atoms with Crippen molar-refractivity contribution in [2.75, 3.05) is 19.5 Å². The summed E-state index contributed by atoms with van der Waals surface area (Å²) in [5, 5.41) is 4.97. The summed E-state index contributed by atoms with van der Waals surface area (Å²) in [6.45, 7) is 1.51. The average Bonchev–Trinajstić information content (AvgIpc) is 3.24. The fourth-order valence-electron chi connectivity index (χ4n) is 2.43. The Morgan fingerprint density at radius 3 is 2.14 bits per heavy atom. The zero-order chi connectivity index (χ0) is 20.8. The monoisotopic (exact) mass is 412 g/mol. The maximum Gasteiger partial charge on any atom is 0.358 e. The van der Waals surface area contributed by atoms with Crippen LogP contribution in [-0.2, 0) is 9.53 Å². The van der Waals surface area contributed by atoms with Gasteiger partial charge in [0.05, 0.1) is 14.2 Å². The molecule has 0 saturated heterocycles. The molecule has 1 aromatic heterocycles. The molecule has 1 atom stereocenters. The minimum atomic E-state index is -0.976. The molecule has 150 valence electrons. The predicted molar refractivity (Wildman–Crippen MR) is 111 cm³/mol. The molecule has 0 spiro atoms. The van der Waals surface area contributed by atoms with Gasteiger partial charge >= 0.3 is 5.97 Å². The Balaban J connectivity index is 1.60. The molecule has 0 fully saturated rings. The quantitative estimate of drug-likeness (QED) is 0.590. The van der Waals surface area contributed by atoms with E-state index in [-0.39, 0.29) is 5.69 Å². The van der Waals surface area contributed by atoms with E-state index >= 15 is 0 Å². The van der Waals surface area contributed by atoms with Gasteiger partial charge in [0.2, 0.25) is 0 Å². The number of anilines is 1. The molecule has 1 heterocycles. The molecule has 0 saturated carbocycles. The highest BCUT2D eigenvalue weighted by atomic mass is 32.1. The second-order valence-electron chi connectivity index (χ2n) is 6.03. The molecule has 1 amide bonds. The van der Waals surface area contributed by atoms with Gasteiger partial charge in [-0.25, -0.2) is 9.78 Å². The first-order valence-corrected chi connectivity index (χ1v) is 9.64. The fourth-order valence-corrected chi connectivity index (χ4v) is 3.22. The van der Waals surface area contributed by atoms with Gasteiger partial charge in [-0.05, 0) is 55.5 Å². The van der Waals surface area contributed by atoms with E-state index in [9.17, 15) is 9.59 Å². The number of nitrogens with zero attached hydrogens (tertiary/aromatic N) is 1. The number of amides is 1. The molecule has 0 aliphatic heterocycles. The van der Waals surface area contributed by atoms with E-state index in [4.69, 9.17) is 14.2 Å². The highest BCUT2D eigenvalue weighted by Gasteiger charge is 2.21. The van der Waals surface area contributed by atoms with E-state index in [0.29, 0.717) is 16.4 Å². The number of benzene rings is 2. The van der Waals surface area contributed by atoms with Gasteiger partial charge in [-0.2, -0.15) is 0 Å². The lowest BCUT2D eigenvalue weighted by molar-refractivity contribution is -0.123.